The predicted molar refractivity (Wildman–Crippen MR) is 136 cm³/mol. The van der Waals surface area contributed by atoms with Gasteiger partial charge in [-0.1, -0.05) is 102 Å². The lowest BCUT2D eigenvalue weighted by molar-refractivity contribution is 0.668. The molecule has 2 radical (unpaired) electrons. The summed E-state index contributed by atoms with van der Waals surface area (Å²) in [6, 6.07) is 40.0. The fraction of sp³-hybridized carbons (Fsp3) is 0.0323. The van der Waals surface area contributed by atoms with E-state index in [4.69, 9.17) is 4.42 Å². The first-order valence-corrected chi connectivity index (χ1v) is 12.4. The van der Waals surface area contributed by atoms with Crippen molar-refractivity contribution in [3.63, 3.8) is 0 Å². The third-order valence-corrected chi connectivity index (χ3v) is 8.97. The van der Waals surface area contributed by atoms with Crippen molar-refractivity contribution in [3.8, 4) is 11.1 Å². The lowest BCUT2D eigenvalue weighted by atomic mass is 9.67. The van der Waals surface area contributed by atoms with E-state index in [0.29, 0.717) is 9.52 Å². The van der Waals surface area contributed by atoms with Crippen LogP contribution in [0.2, 0.25) is 0 Å². The van der Waals surface area contributed by atoms with Crippen LogP contribution in [-0.2, 0) is 5.41 Å². The van der Waals surface area contributed by atoms with E-state index >= 15 is 0 Å². The largest absolute Gasteiger partial charge is 0.456 e. The van der Waals surface area contributed by atoms with Gasteiger partial charge >= 0.3 is 0 Å². The molecule has 33 heavy (non-hydrogen) atoms. The van der Waals surface area contributed by atoms with E-state index in [9.17, 15) is 0 Å². The molecule has 0 atom stereocenters. The Morgan fingerprint density at radius 3 is 1.94 bits per heavy atom. The van der Waals surface area contributed by atoms with Crippen LogP contribution in [0.3, 0.4) is 0 Å². The van der Waals surface area contributed by atoms with Gasteiger partial charge < -0.3 is 4.42 Å². The average molecular weight is 435 g/mol. The molecule has 0 amide bonds. The Hall–Kier alpha value is -3.88. The van der Waals surface area contributed by atoms with Gasteiger partial charge in [-0.3, -0.25) is 0 Å². The third-order valence-electron chi connectivity index (χ3n) is 7.49. The van der Waals surface area contributed by atoms with Crippen LogP contribution in [-0.4, -0.2) is 9.52 Å². The molecule has 0 N–H and O–H groups in total. The molecular formula is C31H18OSi. The number of furan rings is 1. The van der Waals surface area contributed by atoms with Crippen LogP contribution in [0, 0.1) is 0 Å². The van der Waals surface area contributed by atoms with Crippen molar-refractivity contribution in [3.05, 3.63) is 131 Å². The molecule has 1 aliphatic carbocycles. The van der Waals surface area contributed by atoms with Crippen molar-refractivity contribution in [1.82, 2.24) is 0 Å². The number of fused-ring (bicyclic) bond motifs is 13. The molecule has 6 aromatic rings. The van der Waals surface area contributed by atoms with Crippen molar-refractivity contribution < 1.29 is 4.42 Å². The maximum atomic E-state index is 6.30. The zero-order valence-electron chi connectivity index (χ0n) is 17.8. The van der Waals surface area contributed by atoms with Crippen LogP contribution < -0.4 is 10.4 Å². The molecule has 0 saturated carbocycles. The van der Waals surface area contributed by atoms with Gasteiger partial charge in [-0.2, -0.15) is 0 Å². The second kappa shape index (κ2) is 6.12. The van der Waals surface area contributed by atoms with Gasteiger partial charge in [0.1, 0.15) is 20.7 Å². The van der Waals surface area contributed by atoms with Gasteiger partial charge in [-0.15, -0.1) is 0 Å². The van der Waals surface area contributed by atoms with Crippen molar-refractivity contribution in [2.45, 2.75) is 5.41 Å². The van der Waals surface area contributed by atoms with Crippen molar-refractivity contribution >= 4 is 41.8 Å². The van der Waals surface area contributed by atoms with E-state index < -0.39 is 0 Å². The minimum Gasteiger partial charge on any atom is -0.456 e. The second-order valence-corrected chi connectivity index (χ2v) is 10.3. The number of hydrogen-bond donors (Lipinski definition) is 0. The van der Waals surface area contributed by atoms with Crippen LogP contribution in [0.25, 0.3) is 33.1 Å². The fourth-order valence-electron chi connectivity index (χ4n) is 6.27. The van der Waals surface area contributed by atoms with E-state index in [1.165, 1.54) is 54.5 Å². The molecule has 2 heteroatoms. The molecule has 1 aliphatic heterocycles. The summed E-state index contributed by atoms with van der Waals surface area (Å²) in [5.74, 6) is 0. The molecular weight excluding hydrogens is 416 g/mol. The molecule has 152 valence electrons. The molecule has 1 nitrogen and oxygen atoms in total. The molecule has 0 bridgehead atoms. The topological polar surface area (TPSA) is 13.1 Å². The second-order valence-electron chi connectivity index (χ2n) is 8.97. The summed E-state index contributed by atoms with van der Waals surface area (Å²) in [6.45, 7) is 0. The number of para-hydroxylation sites is 1. The average Bonchev–Trinajstić information content (AvgIpc) is 3.39. The number of benzene rings is 5. The quantitative estimate of drug-likeness (QED) is 0.270. The Labute approximate surface area is 194 Å². The van der Waals surface area contributed by atoms with Crippen LogP contribution in [0.4, 0.5) is 0 Å². The van der Waals surface area contributed by atoms with Crippen LogP contribution in [0.1, 0.15) is 22.3 Å². The van der Waals surface area contributed by atoms with E-state index in [2.05, 4.69) is 109 Å². The zero-order valence-corrected chi connectivity index (χ0v) is 18.8. The summed E-state index contributed by atoms with van der Waals surface area (Å²) in [4.78, 5) is 0. The van der Waals surface area contributed by atoms with Crippen molar-refractivity contribution in [2.24, 2.45) is 0 Å². The number of hydrogen-bond acceptors (Lipinski definition) is 1. The first-order chi connectivity index (χ1) is 16.4. The lowest BCUT2D eigenvalue weighted by Gasteiger charge is -2.40. The standard InChI is InChI=1S/C31H18OSi/c1-4-12-22-19(9-1)20-10-2-5-13-23(20)31(22)24-14-6-8-16-28(24)33-30-25(31)17-18-27-29(30)21-11-3-7-15-26(21)32-27/h1-18H. The van der Waals surface area contributed by atoms with Gasteiger partial charge in [0.25, 0.3) is 0 Å². The summed E-state index contributed by atoms with van der Waals surface area (Å²) in [6.07, 6.45) is 0. The van der Waals surface area contributed by atoms with E-state index in [-0.39, 0.29) is 5.41 Å². The first-order valence-electron chi connectivity index (χ1n) is 11.4. The summed E-state index contributed by atoms with van der Waals surface area (Å²) < 4.78 is 6.30. The van der Waals surface area contributed by atoms with Crippen LogP contribution in [0.5, 0.6) is 0 Å². The van der Waals surface area contributed by atoms with Gasteiger partial charge in [0.05, 0.1) is 5.41 Å². The molecule has 8 rings (SSSR count). The predicted octanol–water partition coefficient (Wildman–Crippen LogP) is 5.92. The van der Waals surface area contributed by atoms with Gasteiger partial charge in [0.15, 0.2) is 0 Å². The zero-order chi connectivity index (χ0) is 21.6. The van der Waals surface area contributed by atoms with Gasteiger partial charge in [0.2, 0.25) is 0 Å². The molecule has 2 heterocycles. The normalized spacial score (nSPS) is 14.8. The minimum atomic E-state index is -0.309. The Balaban J connectivity index is 1.62. The minimum absolute atomic E-state index is 0.309. The van der Waals surface area contributed by atoms with Crippen LogP contribution >= 0.6 is 0 Å². The Morgan fingerprint density at radius 2 is 1.15 bits per heavy atom. The first kappa shape index (κ1) is 17.6. The lowest BCUT2D eigenvalue weighted by Crippen LogP contribution is -2.49. The van der Waals surface area contributed by atoms with Gasteiger partial charge in [-0.05, 0) is 50.7 Å². The summed E-state index contributed by atoms with van der Waals surface area (Å²) in [5, 5.41) is 5.33. The van der Waals surface area contributed by atoms with E-state index in [1.54, 1.807) is 0 Å². The van der Waals surface area contributed by atoms with E-state index in [1.807, 2.05) is 0 Å². The highest BCUT2D eigenvalue weighted by molar-refractivity contribution is 6.72. The van der Waals surface area contributed by atoms with E-state index in [0.717, 1.165) is 11.2 Å². The molecule has 0 fully saturated rings. The van der Waals surface area contributed by atoms with Crippen LogP contribution in [0.15, 0.2) is 114 Å². The molecule has 0 unspecified atom stereocenters. The maximum absolute atomic E-state index is 6.30. The smallest absolute Gasteiger partial charge is 0.135 e. The Morgan fingerprint density at radius 1 is 0.515 bits per heavy atom. The summed E-state index contributed by atoms with van der Waals surface area (Å²) in [5.41, 5.74) is 9.91. The van der Waals surface area contributed by atoms with Crippen molar-refractivity contribution in [2.75, 3.05) is 0 Å². The fourth-order valence-corrected chi connectivity index (χ4v) is 7.92. The summed E-state index contributed by atoms with van der Waals surface area (Å²) in [7, 11) is 0.593. The monoisotopic (exact) mass is 434 g/mol. The third kappa shape index (κ3) is 2.03. The highest BCUT2D eigenvalue weighted by Gasteiger charge is 2.50. The molecule has 1 spiro atoms. The van der Waals surface area contributed by atoms with Crippen molar-refractivity contribution in [1.29, 1.82) is 0 Å². The van der Waals surface area contributed by atoms with Gasteiger partial charge in [0, 0.05) is 10.8 Å². The summed E-state index contributed by atoms with van der Waals surface area (Å²) >= 11 is 0. The SMILES string of the molecule is c1ccc2c(c1)[Si]c1c(ccc3oc4ccccc4c13)C21c2ccccc2-c2ccccc21. The Bertz CT molecular complexity index is 1710. The Kier molecular flexibility index (Phi) is 3.27. The molecule has 5 aromatic carbocycles. The molecule has 1 aromatic heterocycles. The molecule has 2 aliphatic rings. The molecule has 0 saturated heterocycles. The number of rotatable bonds is 0. The highest BCUT2D eigenvalue weighted by atomic mass is 28.2. The maximum Gasteiger partial charge on any atom is 0.135 e. The highest BCUT2D eigenvalue weighted by Crippen LogP contribution is 2.56. The van der Waals surface area contributed by atoms with Gasteiger partial charge in [-0.25, -0.2) is 0 Å².